The van der Waals surface area contributed by atoms with Crippen LogP contribution in [0.4, 0.5) is 13.2 Å². The summed E-state index contributed by atoms with van der Waals surface area (Å²) in [6.45, 7) is 2.38. The van der Waals surface area contributed by atoms with Crippen molar-refractivity contribution >= 4 is 0 Å². The molecule has 2 rings (SSSR count). The van der Waals surface area contributed by atoms with E-state index in [4.69, 9.17) is 0 Å². The van der Waals surface area contributed by atoms with Gasteiger partial charge in [-0.2, -0.15) is 13.2 Å². The summed E-state index contributed by atoms with van der Waals surface area (Å²) in [5, 5.41) is 2.81. The molecule has 0 bridgehead atoms. The second kappa shape index (κ2) is 5.03. The van der Waals surface area contributed by atoms with Crippen LogP contribution in [-0.2, 0) is 0 Å². The highest BCUT2D eigenvalue weighted by molar-refractivity contribution is 5.03. The zero-order valence-corrected chi connectivity index (χ0v) is 11.2. The van der Waals surface area contributed by atoms with E-state index in [0.717, 1.165) is 32.1 Å². The highest BCUT2D eigenvalue weighted by Gasteiger charge is 2.57. The third kappa shape index (κ3) is 2.54. The summed E-state index contributed by atoms with van der Waals surface area (Å²) in [7, 11) is 0. The smallest absolute Gasteiger partial charge is 0.304 e. The quantitative estimate of drug-likeness (QED) is 0.794. The van der Waals surface area contributed by atoms with Crippen LogP contribution in [-0.4, -0.2) is 18.3 Å². The topological polar surface area (TPSA) is 12.0 Å². The van der Waals surface area contributed by atoms with Gasteiger partial charge in [-0.3, -0.25) is 0 Å². The predicted octanol–water partition coefficient (Wildman–Crippen LogP) is 4.42. The van der Waals surface area contributed by atoms with E-state index in [9.17, 15) is 13.2 Å². The van der Waals surface area contributed by atoms with Crippen molar-refractivity contribution in [2.45, 2.75) is 76.4 Å². The second-order valence-corrected chi connectivity index (χ2v) is 6.21. The van der Waals surface area contributed by atoms with Crippen molar-refractivity contribution in [1.29, 1.82) is 0 Å². The minimum Gasteiger partial charge on any atom is -0.304 e. The third-order valence-corrected chi connectivity index (χ3v) is 5.08. The molecule has 18 heavy (non-hydrogen) atoms. The molecular weight excluding hydrogens is 239 g/mol. The molecule has 0 aliphatic heterocycles. The van der Waals surface area contributed by atoms with Crippen LogP contribution in [0.1, 0.15) is 64.7 Å². The number of halogens is 3. The highest BCUT2D eigenvalue weighted by atomic mass is 19.4. The molecular formula is C14H24F3N. The molecule has 4 heteroatoms. The lowest BCUT2D eigenvalue weighted by atomic mass is 9.66. The molecule has 106 valence electrons. The molecule has 1 nitrogen and oxygen atoms in total. The van der Waals surface area contributed by atoms with E-state index in [-0.39, 0.29) is 18.3 Å². The Bertz CT molecular complexity index is 269. The summed E-state index contributed by atoms with van der Waals surface area (Å²) in [6.07, 6.45) is 3.41. The Balaban J connectivity index is 2.05. The van der Waals surface area contributed by atoms with Crippen LogP contribution in [0.5, 0.6) is 0 Å². The molecule has 2 aliphatic carbocycles. The Morgan fingerprint density at radius 1 is 0.944 bits per heavy atom. The van der Waals surface area contributed by atoms with Crippen LogP contribution in [0.2, 0.25) is 0 Å². The molecule has 0 amide bonds. The van der Waals surface area contributed by atoms with E-state index < -0.39 is 11.7 Å². The maximum atomic E-state index is 13.3. The largest absolute Gasteiger partial charge is 0.406 e. The van der Waals surface area contributed by atoms with Crippen molar-refractivity contribution in [2.24, 2.45) is 5.41 Å². The van der Waals surface area contributed by atoms with Gasteiger partial charge in [-0.05, 0) is 56.9 Å². The van der Waals surface area contributed by atoms with E-state index in [1.807, 2.05) is 6.92 Å². The molecule has 0 radical (unpaired) electrons. The fourth-order valence-electron chi connectivity index (χ4n) is 3.76. The van der Waals surface area contributed by atoms with Gasteiger partial charge in [0.1, 0.15) is 5.54 Å². The molecule has 0 heterocycles. The first-order valence-corrected chi connectivity index (χ1v) is 7.25. The number of nitrogens with one attached hydrogen (secondary N) is 1. The van der Waals surface area contributed by atoms with Crippen LogP contribution in [0.25, 0.3) is 0 Å². The molecule has 0 atom stereocenters. The summed E-state index contributed by atoms with van der Waals surface area (Å²) < 4.78 is 40.0. The van der Waals surface area contributed by atoms with E-state index >= 15 is 0 Å². The average Bonchev–Trinajstić information content (AvgIpc) is 2.76. The zero-order chi connectivity index (χ0) is 13.3. The van der Waals surface area contributed by atoms with E-state index in [0.29, 0.717) is 6.54 Å². The molecule has 0 unspecified atom stereocenters. The predicted molar refractivity (Wildman–Crippen MR) is 66.4 cm³/mol. The first-order valence-electron chi connectivity index (χ1n) is 7.25. The minimum absolute atomic E-state index is 0.253. The minimum atomic E-state index is -4.11. The Hall–Kier alpha value is -0.250. The molecule has 0 aromatic heterocycles. The first kappa shape index (κ1) is 14.2. The van der Waals surface area contributed by atoms with Gasteiger partial charge >= 0.3 is 6.18 Å². The zero-order valence-electron chi connectivity index (χ0n) is 11.2. The standard InChI is InChI=1S/C14H24F3N/c1-2-11-18-13(14(15,16)17)9-7-12(8-10-13)5-3-4-6-12/h18H,2-11H2,1H3. The maximum Gasteiger partial charge on any atom is 0.406 e. The molecule has 2 saturated carbocycles. The molecule has 0 aromatic rings. The summed E-state index contributed by atoms with van der Waals surface area (Å²) in [6, 6.07) is 0. The molecule has 2 aliphatic rings. The summed E-state index contributed by atoms with van der Waals surface area (Å²) in [5.74, 6) is 0. The summed E-state index contributed by atoms with van der Waals surface area (Å²) >= 11 is 0. The SMILES string of the molecule is CCCNC1(C(F)(F)F)CCC2(CCCC2)CC1. The number of hydrogen-bond donors (Lipinski definition) is 1. The molecule has 2 fully saturated rings. The fraction of sp³-hybridized carbons (Fsp3) is 1.00. The third-order valence-electron chi connectivity index (χ3n) is 5.08. The van der Waals surface area contributed by atoms with Crippen molar-refractivity contribution in [3.05, 3.63) is 0 Å². The molecule has 1 N–H and O–H groups in total. The van der Waals surface area contributed by atoms with Gasteiger partial charge in [0.25, 0.3) is 0 Å². The molecule has 0 aromatic carbocycles. The molecule has 0 saturated heterocycles. The van der Waals surface area contributed by atoms with Crippen molar-refractivity contribution in [1.82, 2.24) is 5.32 Å². The van der Waals surface area contributed by atoms with Gasteiger partial charge in [-0.15, -0.1) is 0 Å². The normalized spacial score (nSPS) is 26.7. The van der Waals surface area contributed by atoms with Crippen molar-refractivity contribution in [3.63, 3.8) is 0 Å². The Morgan fingerprint density at radius 2 is 1.50 bits per heavy atom. The van der Waals surface area contributed by atoms with Gasteiger partial charge in [0, 0.05) is 0 Å². The fourth-order valence-corrected chi connectivity index (χ4v) is 3.76. The summed E-state index contributed by atoms with van der Waals surface area (Å²) in [4.78, 5) is 0. The number of rotatable bonds is 3. The van der Waals surface area contributed by atoms with Crippen LogP contribution in [0.3, 0.4) is 0 Å². The van der Waals surface area contributed by atoms with Gasteiger partial charge in [0.15, 0.2) is 0 Å². The first-order chi connectivity index (χ1) is 8.43. The van der Waals surface area contributed by atoms with Gasteiger partial charge in [0.05, 0.1) is 0 Å². The van der Waals surface area contributed by atoms with Crippen molar-refractivity contribution in [3.8, 4) is 0 Å². The molecule has 1 spiro atoms. The van der Waals surface area contributed by atoms with Crippen LogP contribution in [0, 0.1) is 5.41 Å². The Labute approximate surface area is 108 Å². The van der Waals surface area contributed by atoms with Gasteiger partial charge in [-0.1, -0.05) is 19.8 Å². The van der Waals surface area contributed by atoms with Crippen molar-refractivity contribution in [2.75, 3.05) is 6.54 Å². The van der Waals surface area contributed by atoms with E-state index in [1.165, 1.54) is 12.8 Å². The number of alkyl halides is 3. The van der Waals surface area contributed by atoms with Gasteiger partial charge in [0.2, 0.25) is 0 Å². The van der Waals surface area contributed by atoms with Crippen LogP contribution >= 0.6 is 0 Å². The van der Waals surface area contributed by atoms with Crippen LogP contribution < -0.4 is 5.32 Å². The Morgan fingerprint density at radius 3 is 1.94 bits per heavy atom. The lowest BCUT2D eigenvalue weighted by molar-refractivity contribution is -0.211. The van der Waals surface area contributed by atoms with Gasteiger partial charge < -0.3 is 5.32 Å². The van der Waals surface area contributed by atoms with Gasteiger partial charge in [-0.25, -0.2) is 0 Å². The summed E-state index contributed by atoms with van der Waals surface area (Å²) in [5.41, 5.74) is -1.35. The van der Waals surface area contributed by atoms with E-state index in [2.05, 4.69) is 5.32 Å². The highest BCUT2D eigenvalue weighted by Crippen LogP contribution is 2.54. The van der Waals surface area contributed by atoms with Crippen molar-refractivity contribution < 1.29 is 13.2 Å². The lowest BCUT2D eigenvalue weighted by Gasteiger charge is -2.46. The van der Waals surface area contributed by atoms with Crippen LogP contribution in [0.15, 0.2) is 0 Å². The van der Waals surface area contributed by atoms with E-state index in [1.54, 1.807) is 0 Å². The number of hydrogen-bond acceptors (Lipinski definition) is 1. The second-order valence-electron chi connectivity index (χ2n) is 6.21. The Kier molecular flexibility index (Phi) is 3.96. The maximum absolute atomic E-state index is 13.3. The lowest BCUT2D eigenvalue weighted by Crippen LogP contribution is -2.59. The monoisotopic (exact) mass is 263 g/mol. The average molecular weight is 263 g/mol.